The Kier molecular flexibility index (Phi) is 7.97. The fraction of sp³-hybridized carbons (Fsp3) is 0.269. The number of amides is 1. The molecule has 0 aliphatic heterocycles. The van der Waals surface area contributed by atoms with Gasteiger partial charge in [-0.1, -0.05) is 45.0 Å². The van der Waals surface area contributed by atoms with Gasteiger partial charge in [-0.15, -0.1) is 0 Å². The van der Waals surface area contributed by atoms with E-state index >= 15 is 0 Å². The van der Waals surface area contributed by atoms with Gasteiger partial charge in [0.25, 0.3) is 5.91 Å². The first-order valence-corrected chi connectivity index (χ1v) is 10.6. The SMILES string of the molecule is CC(C)(C)c1ccc(OCCCOc2cccc(/C=N\NC(=O)c3ccncc3)c2)cc1. The van der Waals surface area contributed by atoms with E-state index in [-0.39, 0.29) is 11.3 Å². The number of hydrazone groups is 1. The third-order valence-corrected chi connectivity index (χ3v) is 4.73. The highest BCUT2D eigenvalue weighted by Crippen LogP contribution is 2.24. The van der Waals surface area contributed by atoms with Crippen molar-refractivity contribution in [3.63, 3.8) is 0 Å². The summed E-state index contributed by atoms with van der Waals surface area (Å²) >= 11 is 0. The highest BCUT2D eigenvalue weighted by molar-refractivity contribution is 5.94. The van der Waals surface area contributed by atoms with Gasteiger partial charge in [-0.3, -0.25) is 9.78 Å². The fourth-order valence-electron chi connectivity index (χ4n) is 2.91. The first-order chi connectivity index (χ1) is 15.4. The van der Waals surface area contributed by atoms with Gasteiger partial charge in [0.2, 0.25) is 0 Å². The minimum atomic E-state index is -0.288. The van der Waals surface area contributed by atoms with Crippen LogP contribution in [0.5, 0.6) is 11.5 Å². The molecule has 0 fully saturated rings. The van der Waals surface area contributed by atoms with E-state index in [2.05, 4.69) is 48.4 Å². The van der Waals surface area contributed by atoms with Crippen LogP contribution < -0.4 is 14.9 Å². The zero-order chi connectivity index (χ0) is 22.8. The maximum atomic E-state index is 12.0. The van der Waals surface area contributed by atoms with Crippen molar-refractivity contribution >= 4 is 12.1 Å². The van der Waals surface area contributed by atoms with E-state index in [1.54, 1.807) is 30.7 Å². The third-order valence-electron chi connectivity index (χ3n) is 4.73. The Morgan fingerprint density at radius 1 is 0.969 bits per heavy atom. The molecule has 0 unspecified atom stereocenters. The van der Waals surface area contributed by atoms with Crippen LogP contribution in [0.4, 0.5) is 0 Å². The first-order valence-electron chi connectivity index (χ1n) is 10.6. The van der Waals surface area contributed by atoms with Crippen LogP contribution >= 0.6 is 0 Å². The lowest BCUT2D eigenvalue weighted by Crippen LogP contribution is -2.17. The van der Waals surface area contributed by atoms with Crippen molar-refractivity contribution in [2.75, 3.05) is 13.2 Å². The summed E-state index contributed by atoms with van der Waals surface area (Å²) in [7, 11) is 0. The number of rotatable bonds is 9. The zero-order valence-corrected chi connectivity index (χ0v) is 18.7. The van der Waals surface area contributed by atoms with Crippen molar-refractivity contribution in [2.24, 2.45) is 5.10 Å². The van der Waals surface area contributed by atoms with Crippen LogP contribution in [0, 0.1) is 0 Å². The highest BCUT2D eigenvalue weighted by atomic mass is 16.5. The molecule has 0 bridgehead atoms. The summed E-state index contributed by atoms with van der Waals surface area (Å²) in [5, 5.41) is 4.00. The molecule has 0 atom stereocenters. The molecule has 0 saturated carbocycles. The molecule has 0 aliphatic rings. The molecule has 32 heavy (non-hydrogen) atoms. The van der Waals surface area contributed by atoms with Gasteiger partial charge in [0, 0.05) is 24.4 Å². The van der Waals surface area contributed by atoms with Gasteiger partial charge in [0.1, 0.15) is 11.5 Å². The molecule has 6 nitrogen and oxygen atoms in total. The number of carbonyl (C=O) groups excluding carboxylic acids is 1. The van der Waals surface area contributed by atoms with Gasteiger partial charge in [-0.2, -0.15) is 5.10 Å². The zero-order valence-electron chi connectivity index (χ0n) is 18.7. The molecular weight excluding hydrogens is 402 g/mol. The average molecular weight is 432 g/mol. The Bertz CT molecular complexity index is 1030. The van der Waals surface area contributed by atoms with Crippen LogP contribution in [-0.2, 0) is 5.41 Å². The molecule has 1 heterocycles. The van der Waals surface area contributed by atoms with Crippen LogP contribution in [0.3, 0.4) is 0 Å². The maximum absolute atomic E-state index is 12.0. The minimum absolute atomic E-state index is 0.136. The number of nitrogens with one attached hydrogen (secondary N) is 1. The Labute approximate surface area is 189 Å². The van der Waals surface area contributed by atoms with Gasteiger partial charge in [-0.25, -0.2) is 5.43 Å². The van der Waals surface area contributed by atoms with Crippen LogP contribution in [0.2, 0.25) is 0 Å². The number of carbonyl (C=O) groups is 1. The second kappa shape index (κ2) is 11.1. The van der Waals surface area contributed by atoms with Crippen molar-refractivity contribution in [1.29, 1.82) is 0 Å². The molecule has 3 rings (SSSR count). The quantitative estimate of drug-likeness (QED) is 0.294. The largest absolute Gasteiger partial charge is 0.493 e. The van der Waals surface area contributed by atoms with Gasteiger partial charge in [0.15, 0.2) is 0 Å². The van der Waals surface area contributed by atoms with E-state index in [4.69, 9.17) is 9.47 Å². The van der Waals surface area contributed by atoms with Crippen LogP contribution in [0.25, 0.3) is 0 Å². The van der Waals surface area contributed by atoms with E-state index in [9.17, 15) is 4.79 Å². The van der Waals surface area contributed by atoms with Gasteiger partial charge < -0.3 is 9.47 Å². The smallest absolute Gasteiger partial charge is 0.271 e. The molecule has 3 aromatic rings. The van der Waals surface area contributed by atoms with E-state index in [1.165, 1.54) is 5.56 Å². The molecule has 1 N–H and O–H groups in total. The number of ether oxygens (including phenoxy) is 2. The predicted octanol–water partition coefficient (Wildman–Crippen LogP) is 4.99. The first kappa shape index (κ1) is 23.0. The van der Waals surface area contributed by atoms with Crippen LogP contribution in [0.15, 0.2) is 78.2 Å². The lowest BCUT2D eigenvalue weighted by Gasteiger charge is -2.19. The van der Waals surface area contributed by atoms with Crippen molar-refractivity contribution in [2.45, 2.75) is 32.6 Å². The molecule has 0 aliphatic carbocycles. The Morgan fingerprint density at radius 2 is 1.66 bits per heavy atom. The van der Waals surface area contributed by atoms with E-state index in [1.807, 2.05) is 36.4 Å². The van der Waals surface area contributed by atoms with E-state index < -0.39 is 0 Å². The molecule has 1 aromatic heterocycles. The summed E-state index contributed by atoms with van der Waals surface area (Å²) in [6, 6.07) is 19.0. The highest BCUT2D eigenvalue weighted by Gasteiger charge is 2.12. The molecule has 0 saturated heterocycles. The minimum Gasteiger partial charge on any atom is -0.493 e. The Balaban J connectivity index is 1.40. The lowest BCUT2D eigenvalue weighted by atomic mass is 9.87. The summed E-state index contributed by atoms with van der Waals surface area (Å²) in [5.74, 6) is 1.32. The lowest BCUT2D eigenvalue weighted by molar-refractivity contribution is 0.0955. The standard InChI is InChI=1S/C26H29N3O3/c1-26(2,3)22-8-10-23(11-9-22)31-16-5-17-32-24-7-4-6-20(18-24)19-28-29-25(30)21-12-14-27-15-13-21/h4,6-15,18-19H,5,16-17H2,1-3H3,(H,29,30)/b28-19-. The van der Waals surface area contributed by atoms with Crippen molar-refractivity contribution in [1.82, 2.24) is 10.4 Å². The third kappa shape index (κ3) is 7.23. The average Bonchev–Trinajstić information content (AvgIpc) is 2.79. The summed E-state index contributed by atoms with van der Waals surface area (Å²) in [4.78, 5) is 15.9. The number of hydrogen-bond acceptors (Lipinski definition) is 5. The van der Waals surface area contributed by atoms with Crippen molar-refractivity contribution < 1.29 is 14.3 Å². The summed E-state index contributed by atoms with van der Waals surface area (Å²) in [5.41, 5.74) is 5.25. The molecule has 166 valence electrons. The summed E-state index contributed by atoms with van der Waals surface area (Å²) < 4.78 is 11.6. The second-order valence-electron chi connectivity index (χ2n) is 8.33. The van der Waals surface area contributed by atoms with E-state index in [0.29, 0.717) is 18.8 Å². The van der Waals surface area contributed by atoms with Crippen LogP contribution in [0.1, 0.15) is 48.7 Å². The number of nitrogens with zero attached hydrogens (tertiary/aromatic N) is 2. The molecular formula is C26H29N3O3. The number of benzene rings is 2. The topological polar surface area (TPSA) is 72.8 Å². The second-order valence-corrected chi connectivity index (χ2v) is 8.33. The Morgan fingerprint density at radius 3 is 2.34 bits per heavy atom. The maximum Gasteiger partial charge on any atom is 0.271 e. The monoisotopic (exact) mass is 431 g/mol. The van der Waals surface area contributed by atoms with Crippen molar-refractivity contribution in [3.05, 3.63) is 89.7 Å². The van der Waals surface area contributed by atoms with Crippen molar-refractivity contribution in [3.8, 4) is 11.5 Å². The van der Waals surface area contributed by atoms with Crippen LogP contribution in [-0.4, -0.2) is 30.3 Å². The molecule has 1 amide bonds. The number of aromatic nitrogens is 1. The number of pyridine rings is 1. The van der Waals surface area contributed by atoms with Gasteiger partial charge in [-0.05, 0) is 52.9 Å². The summed E-state index contributed by atoms with van der Waals surface area (Å²) in [6.45, 7) is 7.70. The molecule has 0 radical (unpaired) electrons. The number of hydrogen-bond donors (Lipinski definition) is 1. The van der Waals surface area contributed by atoms with Gasteiger partial charge in [0.05, 0.1) is 19.4 Å². The molecule has 6 heteroatoms. The Hall–Kier alpha value is -3.67. The normalized spacial score (nSPS) is 11.3. The molecule has 2 aromatic carbocycles. The fourth-order valence-corrected chi connectivity index (χ4v) is 2.91. The van der Waals surface area contributed by atoms with E-state index in [0.717, 1.165) is 23.5 Å². The summed E-state index contributed by atoms with van der Waals surface area (Å²) in [6.07, 6.45) is 5.47. The van der Waals surface area contributed by atoms with Gasteiger partial charge >= 0.3 is 0 Å². The molecule has 0 spiro atoms. The predicted molar refractivity (Wildman–Crippen MR) is 126 cm³/mol.